The van der Waals surface area contributed by atoms with Crippen molar-refractivity contribution in [3.63, 3.8) is 0 Å². The maximum Gasteiger partial charge on any atom is 0.259 e. The zero-order valence-corrected chi connectivity index (χ0v) is 13.8. The number of hydrogen-bond donors (Lipinski definition) is 2. The van der Waals surface area contributed by atoms with Crippen LogP contribution in [0, 0.1) is 0 Å². The van der Waals surface area contributed by atoms with Gasteiger partial charge in [0.2, 0.25) is 0 Å². The first-order chi connectivity index (χ1) is 11.7. The van der Waals surface area contributed by atoms with Crippen LogP contribution in [0.4, 0.5) is 5.69 Å². The van der Waals surface area contributed by atoms with Crippen molar-refractivity contribution in [3.8, 4) is 5.75 Å². The molecular formula is C19H21N3O2. The van der Waals surface area contributed by atoms with E-state index in [0.29, 0.717) is 0 Å². The molecular weight excluding hydrogens is 302 g/mol. The molecule has 0 fully saturated rings. The third-order valence-electron chi connectivity index (χ3n) is 3.22. The van der Waals surface area contributed by atoms with Crippen LogP contribution in [-0.2, 0) is 4.79 Å². The molecule has 2 rings (SSSR count). The van der Waals surface area contributed by atoms with Gasteiger partial charge in [0.05, 0.1) is 19.4 Å². The summed E-state index contributed by atoms with van der Waals surface area (Å²) in [5.41, 5.74) is 5.17. The van der Waals surface area contributed by atoms with E-state index in [1.165, 1.54) is 0 Å². The van der Waals surface area contributed by atoms with Crippen LogP contribution in [0.5, 0.6) is 5.75 Å². The van der Waals surface area contributed by atoms with Crippen molar-refractivity contribution in [2.45, 2.75) is 6.92 Å². The number of hydrazone groups is 1. The normalized spacial score (nSPS) is 11.3. The molecule has 24 heavy (non-hydrogen) atoms. The molecule has 124 valence electrons. The maximum absolute atomic E-state index is 11.8. The third-order valence-corrected chi connectivity index (χ3v) is 3.22. The molecule has 0 aliphatic carbocycles. The van der Waals surface area contributed by atoms with Crippen molar-refractivity contribution in [2.24, 2.45) is 5.10 Å². The summed E-state index contributed by atoms with van der Waals surface area (Å²) in [4.78, 5) is 11.8. The van der Waals surface area contributed by atoms with E-state index in [1.54, 1.807) is 7.11 Å². The average Bonchev–Trinajstić information content (AvgIpc) is 2.64. The Kier molecular flexibility index (Phi) is 6.58. The number of carbonyl (C=O) groups is 1. The number of allylic oxidation sites excluding steroid dienone is 1. The lowest BCUT2D eigenvalue weighted by Gasteiger charge is -2.06. The quantitative estimate of drug-likeness (QED) is 0.607. The minimum atomic E-state index is -0.210. The number of ether oxygens (including phenoxy) is 1. The minimum Gasteiger partial charge on any atom is -0.497 e. The van der Waals surface area contributed by atoms with Gasteiger partial charge in [0, 0.05) is 5.69 Å². The molecule has 2 aromatic carbocycles. The second-order valence-electron chi connectivity index (χ2n) is 5.11. The lowest BCUT2D eigenvalue weighted by atomic mass is 10.2. The van der Waals surface area contributed by atoms with E-state index < -0.39 is 0 Å². The molecule has 0 aromatic heterocycles. The number of nitrogens with one attached hydrogen (secondary N) is 2. The fourth-order valence-electron chi connectivity index (χ4n) is 1.90. The van der Waals surface area contributed by atoms with Gasteiger partial charge in [-0.25, -0.2) is 5.43 Å². The van der Waals surface area contributed by atoms with Crippen LogP contribution >= 0.6 is 0 Å². The lowest BCUT2D eigenvalue weighted by Crippen LogP contribution is -2.26. The fraction of sp³-hybridized carbons (Fsp3) is 0.158. The average molecular weight is 323 g/mol. The molecule has 5 nitrogen and oxygen atoms in total. The number of hydrogen-bond acceptors (Lipinski definition) is 4. The number of carbonyl (C=O) groups excluding carboxylic acids is 1. The van der Waals surface area contributed by atoms with Gasteiger partial charge in [-0.1, -0.05) is 36.4 Å². The molecule has 5 heteroatoms. The van der Waals surface area contributed by atoms with Crippen molar-refractivity contribution in [2.75, 3.05) is 19.0 Å². The number of amides is 1. The van der Waals surface area contributed by atoms with E-state index in [-0.39, 0.29) is 12.5 Å². The van der Waals surface area contributed by atoms with Crippen LogP contribution in [0.2, 0.25) is 0 Å². The Balaban J connectivity index is 1.77. The van der Waals surface area contributed by atoms with Gasteiger partial charge in [-0.2, -0.15) is 5.10 Å². The zero-order valence-electron chi connectivity index (χ0n) is 13.8. The van der Waals surface area contributed by atoms with Crippen LogP contribution in [-0.4, -0.2) is 25.3 Å². The first kappa shape index (κ1) is 17.3. The standard InChI is InChI=1S/C19H21N3O2/c1-15(8-9-16-6-4-3-5-7-16)21-22-19(23)14-20-17-10-12-18(24-2)13-11-17/h3-13,20H,14H2,1-2H3,(H,22,23)/b9-8-,21-15+. The predicted molar refractivity (Wildman–Crippen MR) is 98.2 cm³/mol. The van der Waals surface area contributed by atoms with Crippen molar-refractivity contribution < 1.29 is 9.53 Å². The molecule has 0 saturated heterocycles. The van der Waals surface area contributed by atoms with E-state index in [4.69, 9.17) is 4.74 Å². The number of rotatable bonds is 7. The number of anilines is 1. The topological polar surface area (TPSA) is 62.7 Å². The highest BCUT2D eigenvalue weighted by Crippen LogP contribution is 2.14. The molecule has 0 saturated carbocycles. The molecule has 0 atom stereocenters. The van der Waals surface area contributed by atoms with Gasteiger partial charge in [-0.3, -0.25) is 4.79 Å². The molecule has 0 aliphatic rings. The monoisotopic (exact) mass is 323 g/mol. The molecule has 0 aliphatic heterocycles. The van der Waals surface area contributed by atoms with Crippen molar-refractivity contribution >= 4 is 23.4 Å². The Bertz CT molecular complexity index is 707. The van der Waals surface area contributed by atoms with Crippen LogP contribution in [0.3, 0.4) is 0 Å². The van der Waals surface area contributed by atoms with Crippen molar-refractivity contribution in [1.82, 2.24) is 5.43 Å². The largest absolute Gasteiger partial charge is 0.497 e. The Morgan fingerprint density at radius 1 is 1.12 bits per heavy atom. The van der Waals surface area contributed by atoms with Crippen LogP contribution in [0.1, 0.15) is 12.5 Å². The van der Waals surface area contributed by atoms with Gasteiger partial charge in [-0.05, 0) is 42.8 Å². The summed E-state index contributed by atoms with van der Waals surface area (Å²) in [5.74, 6) is 0.564. The summed E-state index contributed by atoms with van der Waals surface area (Å²) in [5, 5.41) is 7.07. The molecule has 2 aromatic rings. The van der Waals surface area contributed by atoms with Crippen LogP contribution in [0.15, 0.2) is 65.8 Å². The molecule has 0 spiro atoms. The summed E-state index contributed by atoms with van der Waals surface area (Å²) in [6, 6.07) is 17.3. The van der Waals surface area contributed by atoms with Gasteiger partial charge in [0.15, 0.2) is 0 Å². The molecule has 0 unspecified atom stereocenters. The molecule has 2 N–H and O–H groups in total. The SMILES string of the molecule is COc1ccc(NCC(=O)N/N=C(C)/C=C\c2ccccc2)cc1. The summed E-state index contributed by atoms with van der Waals surface area (Å²) in [6.45, 7) is 1.97. The summed E-state index contributed by atoms with van der Waals surface area (Å²) in [6.07, 6.45) is 3.80. The van der Waals surface area contributed by atoms with Crippen molar-refractivity contribution in [1.29, 1.82) is 0 Å². The van der Waals surface area contributed by atoms with E-state index >= 15 is 0 Å². The predicted octanol–water partition coefficient (Wildman–Crippen LogP) is 3.31. The van der Waals surface area contributed by atoms with E-state index in [9.17, 15) is 4.79 Å². The number of nitrogens with zero attached hydrogens (tertiary/aromatic N) is 1. The molecule has 1 amide bonds. The number of benzene rings is 2. The highest BCUT2D eigenvalue weighted by Gasteiger charge is 2.00. The Morgan fingerprint density at radius 2 is 1.83 bits per heavy atom. The summed E-state index contributed by atoms with van der Waals surface area (Å²) in [7, 11) is 1.61. The highest BCUT2D eigenvalue weighted by molar-refractivity contribution is 5.97. The van der Waals surface area contributed by atoms with Crippen LogP contribution in [0.25, 0.3) is 6.08 Å². The maximum atomic E-state index is 11.8. The van der Waals surface area contributed by atoms with Gasteiger partial charge < -0.3 is 10.1 Å². The van der Waals surface area contributed by atoms with Crippen LogP contribution < -0.4 is 15.5 Å². The van der Waals surface area contributed by atoms with Crippen molar-refractivity contribution in [3.05, 3.63) is 66.2 Å². The first-order valence-electron chi connectivity index (χ1n) is 7.61. The second kappa shape index (κ2) is 9.15. The Labute approximate surface area is 142 Å². The Morgan fingerprint density at radius 3 is 2.50 bits per heavy atom. The van der Waals surface area contributed by atoms with E-state index in [0.717, 1.165) is 22.7 Å². The van der Waals surface area contributed by atoms with Gasteiger partial charge >= 0.3 is 0 Å². The van der Waals surface area contributed by atoms with Gasteiger partial charge in [0.1, 0.15) is 5.75 Å². The zero-order chi connectivity index (χ0) is 17.2. The highest BCUT2D eigenvalue weighted by atomic mass is 16.5. The molecule has 0 bridgehead atoms. The first-order valence-corrected chi connectivity index (χ1v) is 7.61. The minimum absolute atomic E-state index is 0.144. The lowest BCUT2D eigenvalue weighted by molar-refractivity contribution is -0.119. The van der Waals surface area contributed by atoms with Gasteiger partial charge in [0.25, 0.3) is 5.91 Å². The summed E-state index contributed by atoms with van der Waals surface area (Å²) >= 11 is 0. The van der Waals surface area contributed by atoms with E-state index in [1.807, 2.05) is 73.7 Å². The molecule has 0 radical (unpaired) electrons. The van der Waals surface area contributed by atoms with Gasteiger partial charge in [-0.15, -0.1) is 0 Å². The second-order valence-corrected chi connectivity index (χ2v) is 5.11. The molecule has 0 heterocycles. The number of methoxy groups -OCH3 is 1. The smallest absolute Gasteiger partial charge is 0.259 e. The third kappa shape index (κ3) is 5.96. The Hall–Kier alpha value is -3.08. The fourth-order valence-corrected chi connectivity index (χ4v) is 1.90. The van der Waals surface area contributed by atoms with E-state index in [2.05, 4.69) is 15.8 Å². The summed E-state index contributed by atoms with van der Waals surface area (Å²) < 4.78 is 5.08.